The first-order chi connectivity index (χ1) is 14.2. The van der Waals surface area contributed by atoms with Gasteiger partial charge in [-0.25, -0.2) is 0 Å². The first-order valence-electron chi connectivity index (χ1n) is 10.1. The maximum atomic E-state index is 12.5. The molecule has 6 rings (SSSR count). The normalized spacial score (nSPS) is 18.1. The molecule has 1 amide bonds. The minimum absolute atomic E-state index is 0.0495. The number of carbonyl (C=O) groups excluding carboxylic acids is 1. The molecular formula is C21H21N7O. The van der Waals surface area contributed by atoms with Crippen LogP contribution in [0.3, 0.4) is 0 Å². The second-order valence-electron chi connectivity index (χ2n) is 8.09. The average Bonchev–Trinajstić information content (AvgIpc) is 3.16. The van der Waals surface area contributed by atoms with Crippen molar-refractivity contribution >= 4 is 17.3 Å². The molecular weight excluding hydrogens is 366 g/mol. The van der Waals surface area contributed by atoms with Gasteiger partial charge in [-0.1, -0.05) is 6.08 Å². The fourth-order valence-electron chi connectivity index (χ4n) is 4.28. The van der Waals surface area contributed by atoms with Gasteiger partial charge >= 0.3 is 0 Å². The number of nitrogens with zero attached hydrogens (tertiary/aromatic N) is 6. The monoisotopic (exact) mass is 387 g/mol. The number of hydrogen-bond donors (Lipinski definition) is 1. The molecule has 8 nitrogen and oxygen atoms in total. The van der Waals surface area contributed by atoms with Gasteiger partial charge in [0.2, 0.25) is 5.91 Å². The highest BCUT2D eigenvalue weighted by Crippen LogP contribution is 2.45. The highest BCUT2D eigenvalue weighted by molar-refractivity contribution is 5.94. The summed E-state index contributed by atoms with van der Waals surface area (Å²) in [4.78, 5) is 12.5. The number of fused-ring (bicyclic) bond motifs is 6. The Hall–Kier alpha value is -3.29. The number of amides is 1. The Kier molecular flexibility index (Phi) is 3.50. The zero-order chi connectivity index (χ0) is 19.5. The van der Waals surface area contributed by atoms with Gasteiger partial charge in [0, 0.05) is 55.9 Å². The summed E-state index contributed by atoms with van der Waals surface area (Å²) < 4.78 is 3.70. The van der Waals surface area contributed by atoms with Gasteiger partial charge in [0.25, 0.3) is 0 Å². The fourth-order valence-corrected chi connectivity index (χ4v) is 4.28. The van der Waals surface area contributed by atoms with Crippen molar-refractivity contribution in [2.45, 2.75) is 44.6 Å². The molecule has 1 saturated carbocycles. The van der Waals surface area contributed by atoms with Crippen LogP contribution in [0.4, 0.5) is 5.82 Å². The van der Waals surface area contributed by atoms with Crippen molar-refractivity contribution in [3.05, 3.63) is 47.1 Å². The van der Waals surface area contributed by atoms with Crippen molar-refractivity contribution in [2.75, 3.05) is 5.32 Å². The average molecular weight is 387 g/mol. The lowest BCUT2D eigenvalue weighted by Gasteiger charge is -2.09. The van der Waals surface area contributed by atoms with E-state index < -0.39 is 0 Å². The van der Waals surface area contributed by atoms with Crippen molar-refractivity contribution < 1.29 is 4.79 Å². The summed E-state index contributed by atoms with van der Waals surface area (Å²) in [6.45, 7) is 0.724. The Bertz CT molecular complexity index is 1180. The standard InChI is InChI=1S/C21H21N7O/c1-27-10-16-18-9-14-13(6-7-17(14)23-24-18)15-11-28(25-20(15)12-4-5-12)8-2-3-19(29)22-21(16)26-27/h6,9-12H,2-5,7-8H2,1H3,(H,22,26,29). The third-order valence-electron chi connectivity index (χ3n) is 5.86. The third kappa shape index (κ3) is 2.78. The minimum atomic E-state index is -0.0495. The van der Waals surface area contributed by atoms with E-state index in [1.54, 1.807) is 4.68 Å². The lowest BCUT2D eigenvalue weighted by Crippen LogP contribution is -2.14. The molecule has 0 atom stereocenters. The molecule has 0 aromatic carbocycles. The summed E-state index contributed by atoms with van der Waals surface area (Å²) in [5.41, 5.74) is 7.20. The van der Waals surface area contributed by atoms with E-state index >= 15 is 0 Å². The Labute approximate surface area is 167 Å². The zero-order valence-electron chi connectivity index (χ0n) is 16.2. The molecule has 4 bridgehead atoms. The quantitative estimate of drug-likeness (QED) is 0.693. The number of anilines is 1. The summed E-state index contributed by atoms with van der Waals surface area (Å²) in [5, 5.41) is 21.2. The summed E-state index contributed by atoms with van der Waals surface area (Å²) in [6, 6.07) is 2.08. The van der Waals surface area contributed by atoms with Crippen LogP contribution in [-0.4, -0.2) is 35.7 Å². The molecule has 8 heteroatoms. The van der Waals surface area contributed by atoms with Gasteiger partial charge in [-0.05, 0) is 30.9 Å². The second kappa shape index (κ2) is 6.10. The lowest BCUT2D eigenvalue weighted by molar-refractivity contribution is -0.116. The van der Waals surface area contributed by atoms with Crippen LogP contribution in [0.2, 0.25) is 0 Å². The number of rotatable bonds is 1. The number of nitrogens with one attached hydrogen (secondary N) is 1. The summed E-state index contributed by atoms with van der Waals surface area (Å²) in [7, 11) is 1.84. The number of aromatic nitrogens is 6. The molecule has 2 aliphatic carbocycles. The van der Waals surface area contributed by atoms with E-state index in [-0.39, 0.29) is 5.91 Å². The van der Waals surface area contributed by atoms with E-state index in [2.05, 4.69) is 39.0 Å². The van der Waals surface area contributed by atoms with Gasteiger partial charge < -0.3 is 5.32 Å². The van der Waals surface area contributed by atoms with Crippen LogP contribution in [0.5, 0.6) is 0 Å². The maximum absolute atomic E-state index is 12.5. The molecule has 0 spiro atoms. The molecule has 3 aromatic rings. The van der Waals surface area contributed by atoms with E-state index in [9.17, 15) is 4.79 Å². The van der Waals surface area contributed by atoms with E-state index in [1.807, 2.05) is 17.9 Å². The lowest BCUT2D eigenvalue weighted by atomic mass is 9.99. The smallest absolute Gasteiger partial charge is 0.225 e. The van der Waals surface area contributed by atoms with Crippen molar-refractivity contribution in [3.63, 3.8) is 0 Å². The van der Waals surface area contributed by atoms with E-state index in [1.165, 1.54) is 29.7 Å². The molecule has 1 fully saturated rings. The molecule has 1 N–H and O–H groups in total. The van der Waals surface area contributed by atoms with Crippen LogP contribution >= 0.6 is 0 Å². The van der Waals surface area contributed by atoms with Crippen LogP contribution in [0.15, 0.2) is 24.5 Å². The topological polar surface area (TPSA) is 90.5 Å². The Balaban J connectivity index is 1.54. The molecule has 3 aliphatic rings. The van der Waals surface area contributed by atoms with Gasteiger partial charge in [-0.15, -0.1) is 0 Å². The first-order valence-corrected chi connectivity index (χ1v) is 10.1. The molecule has 1 aliphatic heterocycles. The Morgan fingerprint density at radius 3 is 2.86 bits per heavy atom. The number of hydrogen-bond acceptors (Lipinski definition) is 5. The first kappa shape index (κ1) is 16.6. The van der Waals surface area contributed by atoms with Crippen molar-refractivity contribution in [3.8, 4) is 11.3 Å². The third-order valence-corrected chi connectivity index (χ3v) is 5.86. The van der Waals surface area contributed by atoms with E-state index in [0.717, 1.165) is 41.9 Å². The number of allylic oxidation sites excluding steroid dienone is 1. The highest BCUT2D eigenvalue weighted by atomic mass is 16.1. The maximum Gasteiger partial charge on any atom is 0.225 e. The molecule has 3 aromatic heterocycles. The van der Waals surface area contributed by atoms with Crippen molar-refractivity contribution in [2.24, 2.45) is 7.05 Å². The minimum Gasteiger partial charge on any atom is -0.309 e. The van der Waals surface area contributed by atoms with E-state index in [4.69, 9.17) is 5.10 Å². The van der Waals surface area contributed by atoms with Crippen LogP contribution in [-0.2, 0) is 24.8 Å². The summed E-state index contributed by atoms with van der Waals surface area (Å²) >= 11 is 0. The van der Waals surface area contributed by atoms with Gasteiger partial charge in [0.15, 0.2) is 5.82 Å². The van der Waals surface area contributed by atoms with Gasteiger partial charge in [0.1, 0.15) is 0 Å². The summed E-state index contributed by atoms with van der Waals surface area (Å²) in [6.07, 6.45) is 10.6. The van der Waals surface area contributed by atoms with Crippen LogP contribution < -0.4 is 5.32 Å². The molecule has 29 heavy (non-hydrogen) atoms. The van der Waals surface area contributed by atoms with Crippen LogP contribution in [0.25, 0.3) is 16.8 Å². The fraction of sp³-hybridized carbons (Fsp3) is 0.381. The zero-order valence-corrected chi connectivity index (χ0v) is 16.2. The molecule has 4 heterocycles. The SMILES string of the molecule is Cn1cc2c(n1)NC(=O)CCCn1cc(c(C3CC3)n1)C1=CCc3nnc-2cc31. The molecule has 146 valence electrons. The summed E-state index contributed by atoms with van der Waals surface area (Å²) in [5.74, 6) is 1.03. The molecule has 0 radical (unpaired) electrons. The van der Waals surface area contributed by atoms with E-state index in [0.29, 0.717) is 18.2 Å². The Morgan fingerprint density at radius 2 is 2.00 bits per heavy atom. The van der Waals surface area contributed by atoms with Crippen molar-refractivity contribution in [1.82, 2.24) is 29.8 Å². The largest absolute Gasteiger partial charge is 0.309 e. The second-order valence-corrected chi connectivity index (χ2v) is 8.09. The number of carbonyl (C=O) groups is 1. The molecule has 0 saturated heterocycles. The number of aryl methyl sites for hydroxylation is 2. The molecule has 0 unspecified atom stereocenters. The van der Waals surface area contributed by atoms with Crippen LogP contribution in [0, 0.1) is 0 Å². The van der Waals surface area contributed by atoms with Crippen molar-refractivity contribution in [1.29, 1.82) is 0 Å². The predicted octanol–water partition coefficient (Wildman–Crippen LogP) is 2.67. The highest BCUT2D eigenvalue weighted by Gasteiger charge is 2.32. The van der Waals surface area contributed by atoms with Gasteiger partial charge in [-0.2, -0.15) is 20.4 Å². The van der Waals surface area contributed by atoms with Gasteiger partial charge in [-0.3, -0.25) is 14.2 Å². The predicted molar refractivity (Wildman–Crippen MR) is 107 cm³/mol. The Morgan fingerprint density at radius 1 is 1.10 bits per heavy atom. The van der Waals surface area contributed by atoms with Crippen LogP contribution in [0.1, 0.15) is 54.1 Å². The van der Waals surface area contributed by atoms with Gasteiger partial charge in [0.05, 0.1) is 22.6 Å².